The molecule has 114 valence electrons. The first-order valence-electron chi connectivity index (χ1n) is 7.04. The van der Waals surface area contributed by atoms with E-state index in [-0.39, 0.29) is 36.9 Å². The van der Waals surface area contributed by atoms with Gasteiger partial charge in [-0.15, -0.1) is 0 Å². The zero-order valence-electron chi connectivity index (χ0n) is 11.6. The molecule has 6 heteroatoms. The third kappa shape index (κ3) is 4.54. The largest absolute Gasteiger partial charge is 0.396 e. The van der Waals surface area contributed by atoms with E-state index in [1.54, 1.807) is 24.3 Å². The van der Waals surface area contributed by atoms with Gasteiger partial charge in [0.25, 0.3) is 5.91 Å². The summed E-state index contributed by atoms with van der Waals surface area (Å²) >= 11 is 3.30. The second kappa shape index (κ2) is 7.56. The van der Waals surface area contributed by atoms with Gasteiger partial charge in [-0.2, -0.15) is 0 Å². The van der Waals surface area contributed by atoms with Crippen LogP contribution in [0.25, 0.3) is 0 Å². The van der Waals surface area contributed by atoms with Gasteiger partial charge in [-0.05, 0) is 37.1 Å². The molecule has 21 heavy (non-hydrogen) atoms. The average molecular weight is 355 g/mol. The molecule has 5 nitrogen and oxygen atoms in total. The summed E-state index contributed by atoms with van der Waals surface area (Å²) in [6.07, 6.45) is 2.84. The highest BCUT2D eigenvalue weighted by molar-refractivity contribution is 9.10. The van der Waals surface area contributed by atoms with E-state index in [9.17, 15) is 14.7 Å². The van der Waals surface area contributed by atoms with Crippen molar-refractivity contribution >= 4 is 27.7 Å². The van der Waals surface area contributed by atoms with Crippen molar-refractivity contribution in [2.45, 2.75) is 25.3 Å². The highest BCUT2D eigenvalue weighted by Gasteiger charge is 2.27. The van der Waals surface area contributed by atoms with Crippen LogP contribution in [-0.2, 0) is 4.79 Å². The van der Waals surface area contributed by atoms with Crippen molar-refractivity contribution in [3.63, 3.8) is 0 Å². The van der Waals surface area contributed by atoms with Crippen LogP contribution in [0.4, 0.5) is 0 Å². The maximum atomic E-state index is 11.9. The van der Waals surface area contributed by atoms with Crippen LogP contribution >= 0.6 is 15.9 Å². The summed E-state index contributed by atoms with van der Waals surface area (Å²) in [4.78, 5) is 23.7. The highest BCUT2D eigenvalue weighted by atomic mass is 79.9. The molecular weight excluding hydrogens is 336 g/mol. The first-order valence-corrected chi connectivity index (χ1v) is 7.83. The number of amides is 2. The van der Waals surface area contributed by atoms with Gasteiger partial charge in [0, 0.05) is 28.6 Å². The number of aliphatic hydroxyl groups excluding tert-OH is 1. The molecule has 0 aliphatic heterocycles. The number of halogens is 1. The number of nitrogens with one attached hydrogen (secondary N) is 2. The Labute approximate surface area is 132 Å². The Bertz CT molecular complexity index is 504. The van der Waals surface area contributed by atoms with E-state index in [0.29, 0.717) is 5.56 Å². The summed E-state index contributed by atoms with van der Waals surface area (Å²) in [5.74, 6) is -0.357. The van der Waals surface area contributed by atoms with Gasteiger partial charge in [-0.3, -0.25) is 9.59 Å². The summed E-state index contributed by atoms with van der Waals surface area (Å²) in [5.41, 5.74) is 0.514. The smallest absolute Gasteiger partial charge is 0.251 e. The standard InChI is InChI=1S/C15H19BrN2O3/c16-12-6-4-10(5-7-12)15(21)17-8-14(20)18-13-3-1-2-11(13)9-19/h4-7,11,13,19H,1-3,8-9H2,(H,17,21)(H,18,20). The van der Waals surface area contributed by atoms with E-state index >= 15 is 0 Å². The lowest BCUT2D eigenvalue weighted by molar-refractivity contribution is -0.121. The predicted octanol–water partition coefficient (Wildman–Crippen LogP) is 1.46. The predicted molar refractivity (Wildman–Crippen MR) is 82.8 cm³/mol. The molecule has 2 rings (SSSR count). The van der Waals surface area contributed by atoms with Crippen LogP contribution in [0.5, 0.6) is 0 Å². The SMILES string of the molecule is O=C(CNC(=O)c1ccc(Br)cc1)NC1CCCC1CO. The van der Waals surface area contributed by atoms with Crippen LogP contribution in [0.1, 0.15) is 29.6 Å². The topological polar surface area (TPSA) is 78.4 Å². The Hall–Kier alpha value is -1.40. The minimum Gasteiger partial charge on any atom is -0.396 e. The molecule has 1 aliphatic rings. The molecule has 0 spiro atoms. The maximum Gasteiger partial charge on any atom is 0.251 e. The van der Waals surface area contributed by atoms with Gasteiger partial charge in [0.1, 0.15) is 0 Å². The number of hydrogen-bond acceptors (Lipinski definition) is 3. The van der Waals surface area contributed by atoms with Crippen LogP contribution in [0.2, 0.25) is 0 Å². The third-order valence-electron chi connectivity index (χ3n) is 3.76. The monoisotopic (exact) mass is 354 g/mol. The van der Waals surface area contributed by atoms with Crippen molar-refractivity contribution in [2.75, 3.05) is 13.2 Å². The van der Waals surface area contributed by atoms with E-state index in [0.717, 1.165) is 23.7 Å². The molecule has 2 unspecified atom stereocenters. The molecule has 0 radical (unpaired) electrons. The van der Waals surface area contributed by atoms with Crippen molar-refractivity contribution in [3.8, 4) is 0 Å². The molecule has 1 aromatic rings. The zero-order chi connectivity index (χ0) is 15.2. The normalized spacial score (nSPS) is 21.0. The Balaban J connectivity index is 1.78. The molecule has 1 fully saturated rings. The van der Waals surface area contributed by atoms with E-state index in [4.69, 9.17) is 0 Å². The van der Waals surface area contributed by atoms with Gasteiger partial charge in [0.05, 0.1) is 6.54 Å². The van der Waals surface area contributed by atoms with Gasteiger partial charge < -0.3 is 15.7 Å². The van der Waals surface area contributed by atoms with Crippen molar-refractivity contribution in [3.05, 3.63) is 34.3 Å². The number of hydrogen-bond donors (Lipinski definition) is 3. The van der Waals surface area contributed by atoms with Crippen LogP contribution in [0.3, 0.4) is 0 Å². The van der Waals surface area contributed by atoms with E-state index in [1.165, 1.54) is 0 Å². The molecule has 1 aliphatic carbocycles. The Morgan fingerprint density at radius 3 is 2.62 bits per heavy atom. The van der Waals surface area contributed by atoms with E-state index < -0.39 is 0 Å². The molecular formula is C15H19BrN2O3. The van der Waals surface area contributed by atoms with Crippen LogP contribution in [0.15, 0.2) is 28.7 Å². The fourth-order valence-corrected chi connectivity index (χ4v) is 2.83. The van der Waals surface area contributed by atoms with Gasteiger partial charge >= 0.3 is 0 Å². The van der Waals surface area contributed by atoms with E-state index in [2.05, 4.69) is 26.6 Å². The molecule has 2 amide bonds. The lowest BCUT2D eigenvalue weighted by Gasteiger charge is -2.19. The molecule has 2 atom stereocenters. The molecule has 0 bridgehead atoms. The van der Waals surface area contributed by atoms with Gasteiger partial charge in [0.15, 0.2) is 0 Å². The summed E-state index contributed by atoms with van der Waals surface area (Å²) < 4.78 is 0.896. The fraction of sp³-hybridized carbons (Fsp3) is 0.467. The summed E-state index contributed by atoms with van der Waals surface area (Å²) in [7, 11) is 0. The first kappa shape index (κ1) is 16.0. The summed E-state index contributed by atoms with van der Waals surface area (Å²) in [5, 5.41) is 14.7. The number of rotatable bonds is 5. The van der Waals surface area contributed by atoms with E-state index in [1.807, 2.05) is 0 Å². The number of benzene rings is 1. The minimum absolute atomic E-state index is 0.0204. The Morgan fingerprint density at radius 2 is 1.95 bits per heavy atom. The Kier molecular flexibility index (Phi) is 5.76. The Morgan fingerprint density at radius 1 is 1.24 bits per heavy atom. The fourth-order valence-electron chi connectivity index (χ4n) is 2.57. The van der Waals surface area contributed by atoms with Gasteiger partial charge in [-0.1, -0.05) is 22.4 Å². The second-order valence-electron chi connectivity index (χ2n) is 5.24. The summed E-state index contributed by atoms with van der Waals surface area (Å²) in [6.45, 7) is 0.0414. The lowest BCUT2D eigenvalue weighted by Crippen LogP contribution is -2.44. The van der Waals surface area contributed by atoms with Gasteiger partial charge in [0.2, 0.25) is 5.91 Å². The molecule has 0 saturated heterocycles. The number of carbonyl (C=O) groups excluding carboxylic acids is 2. The average Bonchev–Trinajstić information content (AvgIpc) is 2.92. The zero-order valence-corrected chi connectivity index (χ0v) is 13.2. The quantitative estimate of drug-likeness (QED) is 0.748. The number of aliphatic hydroxyl groups is 1. The lowest BCUT2D eigenvalue weighted by atomic mass is 10.1. The molecule has 1 saturated carbocycles. The number of carbonyl (C=O) groups is 2. The molecule has 3 N–H and O–H groups in total. The minimum atomic E-state index is -0.275. The third-order valence-corrected chi connectivity index (χ3v) is 4.28. The van der Waals surface area contributed by atoms with Crippen molar-refractivity contribution in [2.24, 2.45) is 5.92 Å². The van der Waals surface area contributed by atoms with Crippen molar-refractivity contribution < 1.29 is 14.7 Å². The van der Waals surface area contributed by atoms with Crippen molar-refractivity contribution in [1.82, 2.24) is 10.6 Å². The first-order chi connectivity index (χ1) is 10.1. The molecule has 0 heterocycles. The van der Waals surface area contributed by atoms with Crippen LogP contribution in [0, 0.1) is 5.92 Å². The van der Waals surface area contributed by atoms with Crippen LogP contribution in [-0.4, -0.2) is 36.1 Å². The molecule has 1 aromatic carbocycles. The van der Waals surface area contributed by atoms with Gasteiger partial charge in [-0.25, -0.2) is 0 Å². The maximum absolute atomic E-state index is 11.9. The second-order valence-corrected chi connectivity index (χ2v) is 6.15. The summed E-state index contributed by atoms with van der Waals surface area (Å²) in [6, 6.07) is 6.96. The highest BCUT2D eigenvalue weighted by Crippen LogP contribution is 2.24. The van der Waals surface area contributed by atoms with Crippen LogP contribution < -0.4 is 10.6 Å². The van der Waals surface area contributed by atoms with Crippen molar-refractivity contribution in [1.29, 1.82) is 0 Å². The molecule has 0 aromatic heterocycles.